The van der Waals surface area contributed by atoms with Gasteiger partial charge < -0.3 is 15.5 Å². The number of urea groups is 1. The zero-order chi connectivity index (χ0) is 24.7. The van der Waals surface area contributed by atoms with E-state index >= 15 is 0 Å². The molecule has 2 aliphatic rings. The summed E-state index contributed by atoms with van der Waals surface area (Å²) in [5, 5.41) is 6.76. The zero-order valence-electron chi connectivity index (χ0n) is 19.8. The molecule has 2 N–H and O–H groups in total. The van der Waals surface area contributed by atoms with Crippen molar-refractivity contribution in [2.75, 3.05) is 23.3 Å². The molecular weight excluding hydrogens is 462 g/mol. The number of aromatic nitrogens is 1. The van der Waals surface area contributed by atoms with Gasteiger partial charge in [-0.1, -0.05) is 25.6 Å². The molecule has 1 saturated heterocycles. The molecule has 4 amide bonds. The molecule has 35 heavy (non-hydrogen) atoms. The average molecular weight is 490 g/mol. The first-order chi connectivity index (χ1) is 16.9. The highest BCUT2D eigenvalue weighted by Gasteiger charge is 2.34. The van der Waals surface area contributed by atoms with Crippen LogP contribution in [0.5, 0.6) is 0 Å². The number of benzene rings is 1. The molecule has 1 aromatic carbocycles. The Bertz CT molecular complexity index is 1360. The number of piperidine rings is 1. The van der Waals surface area contributed by atoms with Crippen molar-refractivity contribution in [2.45, 2.75) is 39.2 Å². The smallest absolute Gasteiger partial charge is 0.331 e. The van der Waals surface area contributed by atoms with Crippen molar-refractivity contribution >= 4 is 56.5 Å². The van der Waals surface area contributed by atoms with Gasteiger partial charge in [0.25, 0.3) is 5.91 Å². The molecule has 1 fully saturated rings. The number of anilines is 3. The molecule has 3 aromatic rings. The van der Waals surface area contributed by atoms with E-state index in [0.29, 0.717) is 34.2 Å². The number of aryl methyl sites for hydroxylation is 2. The fourth-order valence-electron chi connectivity index (χ4n) is 4.85. The van der Waals surface area contributed by atoms with Gasteiger partial charge in [0.1, 0.15) is 9.71 Å². The number of pyridine rings is 1. The Morgan fingerprint density at radius 3 is 2.89 bits per heavy atom. The van der Waals surface area contributed by atoms with Crippen molar-refractivity contribution in [1.82, 2.24) is 15.2 Å². The second-order valence-corrected chi connectivity index (χ2v) is 9.86. The van der Waals surface area contributed by atoms with Crippen LogP contribution in [-0.2, 0) is 11.2 Å². The van der Waals surface area contributed by atoms with Crippen molar-refractivity contribution in [2.24, 2.45) is 0 Å². The van der Waals surface area contributed by atoms with Gasteiger partial charge in [-0.3, -0.25) is 14.5 Å². The maximum absolute atomic E-state index is 13.3. The number of likely N-dealkylation sites (tertiary alicyclic amines) is 1. The average Bonchev–Trinajstić information content (AvgIpc) is 3.24. The van der Waals surface area contributed by atoms with E-state index < -0.39 is 0 Å². The van der Waals surface area contributed by atoms with Crippen LogP contribution in [0.3, 0.4) is 0 Å². The van der Waals surface area contributed by atoms with Crippen LogP contribution >= 0.6 is 11.3 Å². The standard InChI is InChI=1S/C26H27N5O3S/c1-4-16-8-9-18(15(3)13-16)31-19-10-11-27-25-21(19)22(29-26(31)34)23(35-25)24(33)28-17-7-6-12-30(14-17)20(32)5-2/h5,8-11,13,17H,2,4,6-7,12,14H2,1,3H3,(H,28,33)(H,29,34)/t17-/m1/s1. The minimum Gasteiger partial charge on any atom is -0.347 e. The second kappa shape index (κ2) is 9.14. The molecule has 1 atom stereocenters. The van der Waals surface area contributed by atoms with E-state index in [-0.39, 0.29) is 23.9 Å². The third-order valence-electron chi connectivity index (χ3n) is 6.61. The minimum absolute atomic E-state index is 0.135. The second-order valence-electron chi connectivity index (χ2n) is 8.86. The minimum atomic E-state index is -0.315. The Hall–Kier alpha value is -3.72. The Balaban J connectivity index is 1.48. The summed E-state index contributed by atoms with van der Waals surface area (Å²) in [7, 11) is 0. The van der Waals surface area contributed by atoms with Gasteiger partial charge in [-0.2, -0.15) is 0 Å². The molecule has 2 aromatic heterocycles. The summed E-state index contributed by atoms with van der Waals surface area (Å²) in [5.74, 6) is -0.409. The van der Waals surface area contributed by atoms with Crippen molar-refractivity contribution in [3.63, 3.8) is 0 Å². The van der Waals surface area contributed by atoms with E-state index in [9.17, 15) is 14.4 Å². The van der Waals surface area contributed by atoms with Crippen molar-refractivity contribution < 1.29 is 14.4 Å². The number of carbonyl (C=O) groups excluding carboxylic acids is 3. The lowest BCUT2D eigenvalue weighted by molar-refractivity contribution is -0.127. The number of carbonyl (C=O) groups is 3. The molecule has 0 spiro atoms. The van der Waals surface area contributed by atoms with E-state index in [4.69, 9.17) is 0 Å². The molecule has 5 rings (SSSR count). The molecule has 0 unspecified atom stereocenters. The summed E-state index contributed by atoms with van der Waals surface area (Å²) in [6, 6.07) is 7.41. The summed E-state index contributed by atoms with van der Waals surface area (Å²) in [5.41, 5.74) is 4.19. The lowest BCUT2D eigenvalue weighted by Crippen LogP contribution is -2.49. The molecule has 9 heteroatoms. The molecule has 2 aliphatic heterocycles. The van der Waals surface area contributed by atoms with Crippen molar-refractivity contribution in [3.8, 4) is 0 Å². The maximum Gasteiger partial charge on any atom is 0.331 e. The van der Waals surface area contributed by atoms with Gasteiger partial charge in [0, 0.05) is 25.3 Å². The first-order valence-corrected chi connectivity index (χ1v) is 12.6. The number of rotatable bonds is 5. The number of hydrogen-bond acceptors (Lipinski definition) is 5. The van der Waals surface area contributed by atoms with E-state index in [0.717, 1.165) is 35.9 Å². The van der Waals surface area contributed by atoms with Crippen molar-refractivity contribution in [1.29, 1.82) is 0 Å². The van der Waals surface area contributed by atoms with Gasteiger partial charge in [-0.15, -0.1) is 11.3 Å². The molecule has 180 valence electrons. The Morgan fingerprint density at radius 1 is 1.31 bits per heavy atom. The Labute approximate surface area is 207 Å². The molecule has 0 radical (unpaired) electrons. The van der Waals surface area contributed by atoms with E-state index in [1.54, 1.807) is 16.0 Å². The first kappa shape index (κ1) is 23.0. The van der Waals surface area contributed by atoms with Crippen LogP contribution in [0.1, 0.15) is 40.6 Å². The lowest BCUT2D eigenvalue weighted by atomic mass is 10.0. The monoisotopic (exact) mass is 489 g/mol. The van der Waals surface area contributed by atoms with Gasteiger partial charge in [-0.25, -0.2) is 9.78 Å². The number of hydrogen-bond donors (Lipinski definition) is 2. The molecule has 0 aliphatic carbocycles. The topological polar surface area (TPSA) is 94.6 Å². The van der Waals surface area contributed by atoms with Crippen molar-refractivity contribution in [3.05, 3.63) is 59.1 Å². The summed E-state index contributed by atoms with van der Waals surface area (Å²) in [4.78, 5) is 47.6. The molecular formula is C26H27N5O3S. The third-order valence-corrected chi connectivity index (χ3v) is 7.70. The maximum atomic E-state index is 13.3. The molecule has 0 bridgehead atoms. The molecule has 4 heterocycles. The van der Waals surface area contributed by atoms with Gasteiger partial charge in [-0.05, 0) is 55.5 Å². The van der Waals surface area contributed by atoms with E-state index in [2.05, 4.69) is 35.2 Å². The normalized spacial score (nSPS) is 17.3. The van der Waals surface area contributed by atoms with Gasteiger partial charge in [0.15, 0.2) is 0 Å². The Kier molecular flexibility index (Phi) is 6.02. The third kappa shape index (κ3) is 4.05. The molecule has 0 saturated carbocycles. The Morgan fingerprint density at radius 2 is 2.14 bits per heavy atom. The van der Waals surface area contributed by atoms with E-state index in [1.165, 1.54) is 23.0 Å². The van der Waals surface area contributed by atoms with Crippen LogP contribution < -0.4 is 15.5 Å². The number of thiophene rings is 1. The van der Waals surface area contributed by atoms with Crippen LogP contribution in [0.4, 0.5) is 21.9 Å². The van der Waals surface area contributed by atoms with E-state index in [1.807, 2.05) is 25.1 Å². The summed E-state index contributed by atoms with van der Waals surface area (Å²) in [6.07, 6.45) is 5.47. The predicted molar refractivity (Wildman–Crippen MR) is 139 cm³/mol. The highest BCUT2D eigenvalue weighted by atomic mass is 32.1. The van der Waals surface area contributed by atoms with Crippen LogP contribution in [0.2, 0.25) is 0 Å². The van der Waals surface area contributed by atoms with Gasteiger partial charge >= 0.3 is 6.03 Å². The van der Waals surface area contributed by atoms with Gasteiger partial charge in [0.2, 0.25) is 5.91 Å². The quantitative estimate of drug-likeness (QED) is 0.506. The van der Waals surface area contributed by atoms with Crippen LogP contribution in [-0.4, -0.2) is 46.9 Å². The number of nitrogens with zero attached hydrogens (tertiary/aromatic N) is 3. The number of amides is 4. The fourth-order valence-corrected chi connectivity index (χ4v) is 5.87. The van der Waals surface area contributed by atoms with Gasteiger partial charge in [0.05, 0.1) is 22.4 Å². The zero-order valence-corrected chi connectivity index (χ0v) is 20.6. The highest BCUT2D eigenvalue weighted by Crippen LogP contribution is 2.46. The van der Waals surface area contributed by atoms with Crippen LogP contribution in [0.25, 0.3) is 10.2 Å². The lowest BCUT2D eigenvalue weighted by Gasteiger charge is -2.32. The largest absolute Gasteiger partial charge is 0.347 e. The fraction of sp³-hybridized carbons (Fsp3) is 0.308. The SMILES string of the molecule is C=CC(=O)N1CCC[C@@H](NC(=O)c2sc3nccc4c3c2NC(=O)N4c2ccc(CC)cc2C)C1. The van der Waals surface area contributed by atoms with Crippen LogP contribution in [0, 0.1) is 6.92 Å². The number of nitrogens with one attached hydrogen (secondary N) is 2. The summed E-state index contributed by atoms with van der Waals surface area (Å²) in [6.45, 7) is 8.74. The highest BCUT2D eigenvalue weighted by molar-refractivity contribution is 7.21. The predicted octanol–water partition coefficient (Wildman–Crippen LogP) is 4.76. The summed E-state index contributed by atoms with van der Waals surface area (Å²) >= 11 is 1.26. The molecule has 8 nitrogen and oxygen atoms in total. The van der Waals surface area contributed by atoms with Crippen LogP contribution in [0.15, 0.2) is 43.1 Å². The first-order valence-electron chi connectivity index (χ1n) is 11.8. The summed E-state index contributed by atoms with van der Waals surface area (Å²) < 4.78 is 0.